The number of benzene rings is 1. The standard InChI is InChI=1S/C35H47N9O11S/c1-2-35-42-17-15-40(20-30(45)46)28(42)22-44(35,23-29-41(21-31(47)48)16-18-43(29)35)19-4-3-6-26(32(49)50)38-34(53)39-27(33(51)52)7-5-13-37-14-12-24-8-10-25(11-9-24)56(36,54)55/h8-11,15-18,26-27,37H,2-7,12-14,19-23H2,1H3,(H5-3,36,38,39,45,46,47,48,49,50,51,52,53,54,55)/p+3. The monoisotopic (exact) mass is 804 g/mol. The third-order valence-electron chi connectivity index (χ3n) is 10.7. The minimum Gasteiger partial charge on any atom is -0.480 e. The van der Waals surface area contributed by atoms with Crippen molar-refractivity contribution in [2.75, 3.05) is 19.6 Å². The maximum atomic E-state index is 12.8. The van der Waals surface area contributed by atoms with Crippen molar-refractivity contribution >= 4 is 39.9 Å². The second-order valence-electron chi connectivity index (χ2n) is 14.3. The van der Waals surface area contributed by atoms with Gasteiger partial charge >= 0.3 is 47.3 Å². The molecule has 2 aromatic heterocycles. The van der Waals surface area contributed by atoms with Crippen LogP contribution in [0.5, 0.6) is 0 Å². The summed E-state index contributed by atoms with van der Waals surface area (Å²) in [5.41, 5.74) is 0.881. The van der Waals surface area contributed by atoms with Gasteiger partial charge in [0.1, 0.15) is 36.9 Å². The van der Waals surface area contributed by atoms with Crippen molar-refractivity contribution < 1.29 is 66.4 Å². The first-order valence-corrected chi connectivity index (χ1v) is 19.9. The zero-order valence-corrected chi connectivity index (χ0v) is 31.9. The number of carbonyl (C=O) groups is 5. The van der Waals surface area contributed by atoms with Crippen molar-refractivity contribution in [3.63, 3.8) is 0 Å². The molecule has 0 saturated carbocycles. The number of hydrogen-bond acceptors (Lipinski definition) is 8. The minimum absolute atomic E-state index is 0.0169. The smallest absolute Gasteiger partial charge is 0.389 e. The van der Waals surface area contributed by atoms with Crippen LogP contribution in [0.25, 0.3) is 0 Å². The number of aromatic nitrogens is 4. The number of amides is 2. The van der Waals surface area contributed by atoms with E-state index >= 15 is 0 Å². The number of primary sulfonamides is 1. The molecule has 21 heteroatoms. The first-order valence-electron chi connectivity index (χ1n) is 18.4. The molecule has 0 saturated heterocycles. The van der Waals surface area contributed by atoms with Crippen molar-refractivity contribution in [3.05, 3.63) is 66.3 Å². The van der Waals surface area contributed by atoms with Crippen LogP contribution in [-0.2, 0) is 67.6 Å². The number of carboxylic acid groups (broad SMARTS) is 4. The number of sulfonamides is 1. The number of aliphatic carboxylic acids is 4. The fourth-order valence-corrected chi connectivity index (χ4v) is 8.70. The number of urea groups is 1. The molecule has 2 amide bonds. The summed E-state index contributed by atoms with van der Waals surface area (Å²) in [6.07, 6.45) is 9.79. The number of unbranched alkanes of at least 4 members (excludes halogenated alkanes) is 1. The second-order valence-corrected chi connectivity index (χ2v) is 15.8. The van der Waals surface area contributed by atoms with Crippen LogP contribution < -0.4 is 30.2 Å². The van der Waals surface area contributed by atoms with Crippen LogP contribution in [0.15, 0.2) is 53.9 Å². The molecule has 5 rings (SSSR count). The number of hydrogen-bond donors (Lipinski definition) is 8. The largest absolute Gasteiger partial charge is 0.480 e. The van der Waals surface area contributed by atoms with Crippen molar-refractivity contribution in [1.29, 1.82) is 0 Å². The zero-order valence-electron chi connectivity index (χ0n) is 31.0. The number of quaternary nitrogens is 1. The first kappa shape index (κ1) is 41.8. The van der Waals surface area contributed by atoms with Crippen LogP contribution in [-0.4, -0.2) is 104 Å². The predicted molar refractivity (Wildman–Crippen MR) is 193 cm³/mol. The molecule has 0 radical (unpaired) electrons. The van der Waals surface area contributed by atoms with Crippen molar-refractivity contribution in [2.24, 2.45) is 5.14 Å². The number of nitrogens with zero attached hydrogens (tertiary/aromatic N) is 5. The molecular formula is C35H50N9O11S+3. The summed E-state index contributed by atoms with van der Waals surface area (Å²) in [4.78, 5) is 60.3. The van der Waals surface area contributed by atoms with Gasteiger partial charge < -0.3 is 36.4 Å². The van der Waals surface area contributed by atoms with E-state index in [1.807, 2.05) is 19.3 Å². The Hall–Kier alpha value is -5.38. The number of imidazole rings is 2. The van der Waals surface area contributed by atoms with Crippen LogP contribution in [0.1, 0.15) is 62.7 Å². The molecule has 9 N–H and O–H groups in total. The fourth-order valence-electron chi connectivity index (χ4n) is 8.19. The predicted octanol–water partition coefficient (Wildman–Crippen LogP) is -0.918. The summed E-state index contributed by atoms with van der Waals surface area (Å²) in [6.45, 7) is 3.99. The highest BCUT2D eigenvalue weighted by molar-refractivity contribution is 7.89. The molecule has 20 nitrogen and oxygen atoms in total. The Bertz CT molecular complexity index is 2000. The fraction of sp³-hybridized carbons (Fsp3) is 0.514. The molecule has 2 unspecified atom stereocenters. The highest BCUT2D eigenvalue weighted by atomic mass is 32.2. The highest BCUT2D eigenvalue weighted by Crippen LogP contribution is 2.49. The Morgan fingerprint density at radius 1 is 0.821 bits per heavy atom. The minimum atomic E-state index is -3.78. The number of rotatable bonds is 22. The van der Waals surface area contributed by atoms with Gasteiger partial charge in [0.05, 0.1) is 17.9 Å². The molecule has 2 atom stereocenters. The van der Waals surface area contributed by atoms with Crippen molar-refractivity contribution in [1.82, 2.24) is 25.1 Å². The normalized spacial score (nSPS) is 19.4. The van der Waals surface area contributed by atoms with Gasteiger partial charge in [0.15, 0.2) is 26.2 Å². The van der Waals surface area contributed by atoms with Gasteiger partial charge in [0.2, 0.25) is 10.0 Å². The maximum Gasteiger partial charge on any atom is 0.389 e. The Balaban J connectivity index is 1.14. The van der Waals surface area contributed by atoms with Crippen LogP contribution in [0, 0.1) is 0 Å². The molecule has 0 aliphatic carbocycles. The zero-order chi connectivity index (χ0) is 40.8. The summed E-state index contributed by atoms with van der Waals surface area (Å²) in [6, 6.07) is 2.69. The van der Waals surface area contributed by atoms with E-state index < -0.39 is 57.8 Å². The van der Waals surface area contributed by atoms with Gasteiger partial charge in [0.25, 0.3) is 0 Å². The molecule has 56 heavy (non-hydrogen) atoms. The molecule has 304 valence electrons. The van der Waals surface area contributed by atoms with E-state index in [4.69, 9.17) is 5.14 Å². The van der Waals surface area contributed by atoms with Gasteiger partial charge in [0, 0.05) is 0 Å². The first-order chi connectivity index (χ1) is 26.5. The summed E-state index contributed by atoms with van der Waals surface area (Å²) >= 11 is 0. The molecule has 2 aliphatic heterocycles. The average Bonchev–Trinajstić information content (AvgIpc) is 3.83. The lowest BCUT2D eigenvalue weighted by molar-refractivity contribution is -1.01. The molecular weight excluding hydrogens is 755 g/mol. The third-order valence-corrected chi connectivity index (χ3v) is 11.7. The third kappa shape index (κ3) is 8.85. The van der Waals surface area contributed by atoms with Gasteiger partial charge in [-0.05, 0) is 69.3 Å². The average molecular weight is 805 g/mol. The molecule has 1 aromatic carbocycles. The Labute approximate surface area is 322 Å². The van der Waals surface area contributed by atoms with Crippen LogP contribution in [0.4, 0.5) is 4.79 Å². The molecule has 0 fully saturated rings. The topological polar surface area (TPSA) is 280 Å². The lowest BCUT2D eigenvalue weighted by Crippen LogP contribution is -2.59. The molecule has 0 spiro atoms. The Morgan fingerprint density at radius 2 is 1.34 bits per heavy atom. The van der Waals surface area contributed by atoms with E-state index in [0.29, 0.717) is 69.3 Å². The van der Waals surface area contributed by atoms with Gasteiger partial charge in [-0.3, -0.25) is 0 Å². The summed E-state index contributed by atoms with van der Waals surface area (Å²) in [7, 11) is -3.78. The molecule has 3 aromatic rings. The van der Waals surface area contributed by atoms with Crippen molar-refractivity contribution in [2.45, 2.75) is 101 Å². The highest BCUT2D eigenvalue weighted by Gasteiger charge is 2.73. The molecule has 4 heterocycles. The molecule has 0 bridgehead atoms. The lowest BCUT2D eigenvalue weighted by Gasteiger charge is -2.36. The van der Waals surface area contributed by atoms with Crippen molar-refractivity contribution in [3.8, 4) is 0 Å². The van der Waals surface area contributed by atoms with E-state index in [1.54, 1.807) is 33.7 Å². The quantitative estimate of drug-likeness (QED) is 0.0348. The summed E-state index contributed by atoms with van der Waals surface area (Å²) in [5.74, 6) is -3.62. The number of carbonyl (C=O) groups excluding carboxylic acids is 1. The van der Waals surface area contributed by atoms with E-state index in [9.17, 15) is 52.8 Å². The number of carboxylic acids is 4. The molecule has 2 aliphatic rings. The Morgan fingerprint density at radius 3 is 1.80 bits per heavy atom. The van der Waals surface area contributed by atoms with Gasteiger partial charge in [-0.2, -0.15) is 0 Å². The van der Waals surface area contributed by atoms with E-state index in [-0.39, 0.29) is 30.8 Å². The Kier molecular flexibility index (Phi) is 12.8. The van der Waals surface area contributed by atoms with Gasteiger partial charge in [-0.25, -0.2) is 51.1 Å². The van der Waals surface area contributed by atoms with E-state index in [1.165, 1.54) is 12.1 Å². The van der Waals surface area contributed by atoms with E-state index in [0.717, 1.165) is 17.2 Å². The summed E-state index contributed by atoms with van der Waals surface area (Å²) in [5, 5.41) is 51.8. The van der Waals surface area contributed by atoms with Crippen LogP contribution >= 0.6 is 0 Å². The second kappa shape index (κ2) is 17.2. The van der Waals surface area contributed by atoms with Gasteiger partial charge in [-0.1, -0.05) is 19.1 Å². The summed E-state index contributed by atoms with van der Waals surface area (Å²) < 4.78 is 30.8. The van der Waals surface area contributed by atoms with Crippen LogP contribution in [0.3, 0.4) is 0 Å². The van der Waals surface area contributed by atoms with Gasteiger partial charge in [-0.15, -0.1) is 9.13 Å². The maximum absolute atomic E-state index is 12.8. The number of fused-ring (bicyclic) bond motifs is 5. The number of nitrogens with two attached hydrogens (primary N) is 1. The lowest BCUT2D eigenvalue weighted by atomic mass is 10.1. The number of nitrogens with one attached hydrogen (secondary N) is 3. The van der Waals surface area contributed by atoms with E-state index in [2.05, 4.69) is 25.1 Å². The SMILES string of the molecule is CCC12n3cc[n+](CC(=O)O)c3C[N+]1(CCCCC(NC(=O)NC(CCCNCCc1ccc(S(N)(=O)=O)cc1)C(=O)O)C(=O)O)Cc1n2cc[n+]1CC(=O)O. The van der Waals surface area contributed by atoms with Crippen LogP contribution in [0.2, 0.25) is 0 Å².